The number of pyridine rings is 1. The van der Waals surface area contributed by atoms with E-state index in [9.17, 15) is 14.0 Å². The van der Waals surface area contributed by atoms with Crippen LogP contribution in [-0.2, 0) is 24.2 Å². The second-order valence-corrected chi connectivity index (χ2v) is 19.9. The molecule has 0 unspecified atom stereocenters. The van der Waals surface area contributed by atoms with Crippen LogP contribution in [0.3, 0.4) is 0 Å². The van der Waals surface area contributed by atoms with Crippen molar-refractivity contribution in [2.75, 3.05) is 19.8 Å². The molecular formula is C40H50FN3O5Si. The molecule has 1 saturated heterocycles. The molecule has 1 fully saturated rings. The SMILES string of the molecule is Cc1nc(C(C)(C)NC(=O)[C@@H]2CN(C(=O)OC(C)(C)C)[C@H](CO[Si](c3ccccc3)(c3ccccc3)C(C)(C)C)CO2)c2ccccc2c1F. The number of benzene rings is 3. The number of rotatable bonds is 8. The van der Waals surface area contributed by atoms with E-state index in [0.717, 1.165) is 10.4 Å². The summed E-state index contributed by atoms with van der Waals surface area (Å²) in [5, 5.41) is 6.09. The van der Waals surface area contributed by atoms with E-state index in [4.69, 9.17) is 13.9 Å². The van der Waals surface area contributed by atoms with E-state index in [1.165, 1.54) is 0 Å². The Labute approximate surface area is 296 Å². The predicted octanol–water partition coefficient (Wildman–Crippen LogP) is 6.61. The first kappa shape index (κ1) is 37.1. The van der Waals surface area contributed by atoms with E-state index in [1.807, 2.05) is 77.1 Å². The number of fused-ring (bicyclic) bond motifs is 1. The van der Waals surface area contributed by atoms with Gasteiger partial charge in [-0.1, -0.05) is 106 Å². The van der Waals surface area contributed by atoms with Gasteiger partial charge in [-0.2, -0.15) is 0 Å². The van der Waals surface area contributed by atoms with Crippen LogP contribution in [0.5, 0.6) is 0 Å². The van der Waals surface area contributed by atoms with Crippen LogP contribution in [0.15, 0.2) is 84.9 Å². The summed E-state index contributed by atoms with van der Waals surface area (Å²) < 4.78 is 34.2. The van der Waals surface area contributed by atoms with Crippen LogP contribution in [0.25, 0.3) is 10.8 Å². The van der Waals surface area contributed by atoms with Gasteiger partial charge in [0.15, 0.2) is 11.9 Å². The normalized spacial score (nSPS) is 17.4. The minimum Gasteiger partial charge on any atom is -0.444 e. The monoisotopic (exact) mass is 699 g/mol. The number of aryl methyl sites for hydroxylation is 1. The maximum Gasteiger partial charge on any atom is 0.410 e. The van der Waals surface area contributed by atoms with Gasteiger partial charge in [-0.25, -0.2) is 9.18 Å². The lowest BCUT2D eigenvalue weighted by Gasteiger charge is -2.46. The van der Waals surface area contributed by atoms with Crippen molar-refractivity contribution >= 4 is 41.5 Å². The van der Waals surface area contributed by atoms with Crippen LogP contribution in [0.4, 0.5) is 9.18 Å². The van der Waals surface area contributed by atoms with Gasteiger partial charge < -0.3 is 19.2 Å². The lowest BCUT2D eigenvalue weighted by Crippen LogP contribution is -2.68. The Morgan fingerprint density at radius 1 is 0.880 bits per heavy atom. The van der Waals surface area contributed by atoms with Crippen molar-refractivity contribution in [3.63, 3.8) is 0 Å². The highest BCUT2D eigenvalue weighted by Crippen LogP contribution is 2.37. The van der Waals surface area contributed by atoms with Crippen molar-refractivity contribution in [3.8, 4) is 0 Å². The van der Waals surface area contributed by atoms with E-state index < -0.39 is 43.6 Å². The largest absolute Gasteiger partial charge is 0.444 e. The summed E-state index contributed by atoms with van der Waals surface area (Å²) in [7, 11) is -2.93. The fourth-order valence-electron chi connectivity index (χ4n) is 6.80. The first-order chi connectivity index (χ1) is 23.4. The highest BCUT2D eigenvalue weighted by Gasteiger charge is 2.51. The Balaban J connectivity index is 1.43. The zero-order valence-electron chi connectivity index (χ0n) is 30.7. The zero-order chi connectivity index (χ0) is 36.5. The van der Waals surface area contributed by atoms with Crippen LogP contribution >= 0.6 is 0 Å². The maximum absolute atomic E-state index is 15.0. The molecule has 0 spiro atoms. The molecule has 4 aromatic rings. The fourth-order valence-corrected chi connectivity index (χ4v) is 11.4. The topological polar surface area (TPSA) is 90.0 Å². The van der Waals surface area contributed by atoms with Gasteiger partial charge in [-0.05, 0) is 57.0 Å². The molecule has 266 valence electrons. The summed E-state index contributed by atoms with van der Waals surface area (Å²) in [6, 6.07) is 27.2. The molecule has 5 rings (SSSR count). The summed E-state index contributed by atoms with van der Waals surface area (Å²) in [5.41, 5.74) is -0.962. The molecular weight excluding hydrogens is 650 g/mol. The minimum absolute atomic E-state index is 0.0395. The van der Waals surface area contributed by atoms with Crippen molar-refractivity contribution < 1.29 is 27.9 Å². The van der Waals surface area contributed by atoms with E-state index in [-0.39, 0.29) is 36.3 Å². The Morgan fingerprint density at radius 3 is 1.96 bits per heavy atom. The number of morpholine rings is 1. The first-order valence-electron chi connectivity index (χ1n) is 17.2. The standard InChI is InChI=1S/C40H50FN3O5Si/c1-27-34(41)31-22-16-17-23-32(31)35(42-27)40(8,9)43-36(45)33-24-44(37(46)49-38(2,3)4)28(25-47-33)26-48-50(39(5,6)7,29-18-12-10-13-19-29)30-20-14-11-15-21-30/h10-23,28,33H,24-26H2,1-9H3,(H,43,45)/t28-,33-/m0/s1. The molecule has 2 amide bonds. The van der Waals surface area contributed by atoms with Gasteiger partial charge in [0.05, 0.1) is 42.7 Å². The number of carbonyl (C=O) groups excluding carboxylic acids is 2. The molecule has 0 bridgehead atoms. The third-order valence-electron chi connectivity index (χ3n) is 9.17. The molecule has 1 aromatic heterocycles. The second-order valence-electron chi connectivity index (χ2n) is 15.6. The number of nitrogens with zero attached hydrogens (tertiary/aromatic N) is 2. The molecule has 50 heavy (non-hydrogen) atoms. The molecule has 8 nitrogen and oxygen atoms in total. The minimum atomic E-state index is -2.93. The maximum atomic E-state index is 15.0. The average Bonchev–Trinajstić information content (AvgIpc) is 3.06. The van der Waals surface area contributed by atoms with E-state index in [0.29, 0.717) is 16.5 Å². The number of hydrogen-bond donors (Lipinski definition) is 1. The molecule has 1 N–H and O–H groups in total. The number of hydrogen-bond acceptors (Lipinski definition) is 6. The molecule has 3 aromatic carbocycles. The van der Waals surface area contributed by atoms with Crippen molar-refractivity contribution in [2.24, 2.45) is 0 Å². The molecule has 0 aliphatic carbocycles. The molecule has 1 aliphatic rings. The number of amides is 2. The van der Waals surface area contributed by atoms with Crippen LogP contribution in [0.2, 0.25) is 5.04 Å². The summed E-state index contributed by atoms with van der Waals surface area (Å²) in [5.74, 6) is -0.802. The van der Waals surface area contributed by atoms with Crippen LogP contribution in [-0.4, -0.2) is 67.7 Å². The summed E-state index contributed by atoms with van der Waals surface area (Å²) in [6.45, 7) is 17.5. The van der Waals surface area contributed by atoms with E-state index in [1.54, 1.807) is 30.0 Å². The fraction of sp³-hybridized carbons (Fsp3) is 0.425. The van der Waals surface area contributed by atoms with Crippen molar-refractivity contribution in [3.05, 3.63) is 102 Å². The van der Waals surface area contributed by atoms with E-state index >= 15 is 0 Å². The van der Waals surface area contributed by atoms with Gasteiger partial charge in [0.25, 0.3) is 14.2 Å². The van der Waals surface area contributed by atoms with Crippen LogP contribution < -0.4 is 15.7 Å². The highest BCUT2D eigenvalue weighted by atomic mass is 28.4. The molecule has 0 saturated carbocycles. The van der Waals surface area contributed by atoms with Gasteiger partial charge in [0, 0.05) is 10.8 Å². The van der Waals surface area contributed by atoms with E-state index in [2.05, 4.69) is 55.3 Å². The molecule has 2 atom stereocenters. The van der Waals surface area contributed by atoms with Crippen molar-refractivity contribution in [1.29, 1.82) is 0 Å². The molecule has 10 heteroatoms. The van der Waals surface area contributed by atoms with Gasteiger partial charge in [-0.15, -0.1) is 0 Å². The Bertz CT molecular complexity index is 1780. The van der Waals surface area contributed by atoms with Crippen molar-refractivity contribution in [2.45, 2.75) is 90.6 Å². The summed E-state index contributed by atoms with van der Waals surface area (Å²) in [6.07, 6.45) is -1.53. The molecule has 0 radical (unpaired) electrons. The highest BCUT2D eigenvalue weighted by molar-refractivity contribution is 6.99. The Kier molecular flexibility index (Phi) is 10.6. The Hall–Kier alpha value is -4.12. The predicted molar refractivity (Wildman–Crippen MR) is 198 cm³/mol. The van der Waals surface area contributed by atoms with Crippen LogP contribution in [0.1, 0.15) is 66.8 Å². The lowest BCUT2D eigenvalue weighted by atomic mass is 9.93. The van der Waals surface area contributed by atoms with Gasteiger partial charge >= 0.3 is 6.09 Å². The van der Waals surface area contributed by atoms with Crippen molar-refractivity contribution in [1.82, 2.24) is 15.2 Å². The summed E-state index contributed by atoms with van der Waals surface area (Å²) >= 11 is 0. The van der Waals surface area contributed by atoms with Gasteiger partial charge in [-0.3, -0.25) is 14.7 Å². The van der Waals surface area contributed by atoms with Crippen LogP contribution in [0, 0.1) is 12.7 Å². The third-order valence-corrected chi connectivity index (χ3v) is 14.2. The lowest BCUT2D eigenvalue weighted by molar-refractivity contribution is -0.144. The second kappa shape index (κ2) is 14.2. The number of carbonyl (C=O) groups is 2. The molecule has 2 heterocycles. The summed E-state index contributed by atoms with van der Waals surface area (Å²) in [4.78, 5) is 33.8. The number of halogens is 1. The zero-order valence-corrected chi connectivity index (χ0v) is 31.7. The van der Waals surface area contributed by atoms with Gasteiger partial charge in [0.2, 0.25) is 0 Å². The smallest absolute Gasteiger partial charge is 0.410 e. The number of nitrogens with one attached hydrogen (secondary N) is 1. The quantitative estimate of drug-likeness (QED) is 0.208. The third kappa shape index (κ3) is 7.62. The van der Waals surface area contributed by atoms with Gasteiger partial charge in [0.1, 0.15) is 5.60 Å². The first-order valence-corrected chi connectivity index (χ1v) is 19.1. The average molecular weight is 700 g/mol. The number of ether oxygens (including phenoxy) is 2. The Morgan fingerprint density at radius 2 is 1.42 bits per heavy atom. The molecule has 1 aliphatic heterocycles. The number of aromatic nitrogens is 1.